The molecule has 0 aromatic carbocycles. The third-order valence-corrected chi connectivity index (χ3v) is 4.78. The normalized spacial score (nSPS) is 18.6. The number of nitrogens with zero attached hydrogens (tertiary/aromatic N) is 3. The van der Waals surface area contributed by atoms with Gasteiger partial charge in [-0.3, -0.25) is 9.48 Å². The molecule has 3 rings (SSSR count). The summed E-state index contributed by atoms with van der Waals surface area (Å²) in [4.78, 5) is 16.9. The first-order chi connectivity index (χ1) is 9.72. The van der Waals surface area contributed by atoms with E-state index in [0.29, 0.717) is 12.5 Å². The minimum Gasteiger partial charge on any atom is -0.338 e. The van der Waals surface area contributed by atoms with Crippen molar-refractivity contribution >= 4 is 17.2 Å². The molecule has 1 saturated heterocycles. The zero-order valence-corrected chi connectivity index (χ0v) is 12.5. The third-order valence-electron chi connectivity index (χ3n) is 3.78. The summed E-state index contributed by atoms with van der Waals surface area (Å²) in [5.74, 6) is 0.251. The van der Waals surface area contributed by atoms with Crippen LogP contribution in [0.15, 0.2) is 30.6 Å². The Labute approximate surface area is 123 Å². The van der Waals surface area contributed by atoms with Crippen LogP contribution < -0.4 is 0 Å². The van der Waals surface area contributed by atoms with Gasteiger partial charge in [0, 0.05) is 28.7 Å². The fraction of sp³-hybridized carbons (Fsp3) is 0.467. The first kappa shape index (κ1) is 13.4. The predicted molar refractivity (Wildman–Crippen MR) is 79.7 cm³/mol. The number of aryl methyl sites for hydroxylation is 1. The van der Waals surface area contributed by atoms with E-state index in [0.717, 1.165) is 30.8 Å². The highest BCUT2D eigenvalue weighted by Gasteiger charge is 2.29. The van der Waals surface area contributed by atoms with Crippen LogP contribution in [-0.2, 0) is 17.8 Å². The summed E-state index contributed by atoms with van der Waals surface area (Å²) in [6.45, 7) is 3.77. The summed E-state index contributed by atoms with van der Waals surface area (Å²) in [5, 5.41) is 4.24. The van der Waals surface area contributed by atoms with Crippen LogP contribution in [0.5, 0.6) is 0 Å². The van der Waals surface area contributed by atoms with Gasteiger partial charge in [-0.2, -0.15) is 5.10 Å². The second-order valence-electron chi connectivity index (χ2n) is 5.30. The van der Waals surface area contributed by atoms with E-state index in [9.17, 15) is 4.79 Å². The van der Waals surface area contributed by atoms with E-state index in [1.165, 1.54) is 4.88 Å². The Morgan fingerprint density at radius 2 is 2.40 bits per heavy atom. The van der Waals surface area contributed by atoms with Crippen molar-refractivity contribution in [2.75, 3.05) is 6.54 Å². The number of carbonyl (C=O) groups excluding carboxylic acids is 1. The van der Waals surface area contributed by atoms with Crippen LogP contribution in [-0.4, -0.2) is 33.2 Å². The second-order valence-corrected chi connectivity index (χ2v) is 6.67. The molecular weight excluding hydrogens is 270 g/mol. The summed E-state index contributed by atoms with van der Waals surface area (Å²) in [7, 11) is 0. The molecule has 0 saturated carbocycles. The van der Waals surface area contributed by atoms with Gasteiger partial charge in [0.15, 0.2) is 0 Å². The topological polar surface area (TPSA) is 38.1 Å². The average molecular weight is 289 g/mol. The van der Waals surface area contributed by atoms with Gasteiger partial charge in [-0.05, 0) is 38.0 Å². The summed E-state index contributed by atoms with van der Waals surface area (Å²) in [6.07, 6.45) is 6.46. The Hall–Kier alpha value is -1.62. The first-order valence-corrected chi connectivity index (χ1v) is 7.86. The van der Waals surface area contributed by atoms with Gasteiger partial charge in [0.25, 0.3) is 0 Å². The summed E-state index contributed by atoms with van der Waals surface area (Å²) in [5.41, 5.74) is 0. The molecular formula is C15H19N3OS. The van der Waals surface area contributed by atoms with Crippen molar-refractivity contribution in [3.05, 3.63) is 40.3 Å². The molecule has 0 radical (unpaired) electrons. The summed E-state index contributed by atoms with van der Waals surface area (Å²) >= 11 is 1.72. The lowest BCUT2D eigenvalue weighted by Crippen LogP contribution is -2.38. The molecule has 20 heavy (non-hydrogen) atoms. The highest BCUT2D eigenvalue weighted by Crippen LogP contribution is 2.22. The first-order valence-electron chi connectivity index (χ1n) is 7.04. The molecule has 0 spiro atoms. The van der Waals surface area contributed by atoms with Gasteiger partial charge in [0.05, 0.1) is 19.0 Å². The quantitative estimate of drug-likeness (QED) is 0.867. The maximum absolute atomic E-state index is 12.5. The van der Waals surface area contributed by atoms with Crippen molar-refractivity contribution in [2.45, 2.75) is 38.8 Å². The van der Waals surface area contributed by atoms with Crippen molar-refractivity contribution in [3.63, 3.8) is 0 Å². The Morgan fingerprint density at radius 3 is 3.10 bits per heavy atom. The molecule has 1 aliphatic rings. The lowest BCUT2D eigenvalue weighted by molar-refractivity contribution is -0.131. The number of thiophene rings is 1. The summed E-state index contributed by atoms with van der Waals surface area (Å²) in [6, 6.07) is 6.37. The Bertz CT molecular complexity index is 576. The van der Waals surface area contributed by atoms with Crippen LogP contribution in [0.4, 0.5) is 0 Å². The van der Waals surface area contributed by atoms with Gasteiger partial charge < -0.3 is 4.90 Å². The molecule has 0 bridgehead atoms. The fourth-order valence-electron chi connectivity index (χ4n) is 2.81. The van der Waals surface area contributed by atoms with E-state index in [1.807, 2.05) is 21.8 Å². The van der Waals surface area contributed by atoms with Crippen LogP contribution in [0.25, 0.3) is 0 Å². The average Bonchev–Trinajstić information content (AvgIpc) is 3.12. The van der Waals surface area contributed by atoms with Crippen LogP contribution in [0.1, 0.15) is 22.6 Å². The van der Waals surface area contributed by atoms with Crippen molar-refractivity contribution < 1.29 is 4.79 Å². The molecule has 1 aliphatic heterocycles. The minimum atomic E-state index is 0.251. The lowest BCUT2D eigenvalue weighted by Gasteiger charge is -2.24. The molecule has 0 N–H and O–H groups in total. The lowest BCUT2D eigenvalue weighted by atomic mass is 10.2. The van der Waals surface area contributed by atoms with E-state index in [1.54, 1.807) is 17.5 Å². The van der Waals surface area contributed by atoms with E-state index >= 15 is 0 Å². The summed E-state index contributed by atoms with van der Waals surface area (Å²) < 4.78 is 1.92. The number of amides is 1. The largest absolute Gasteiger partial charge is 0.338 e. The van der Waals surface area contributed by atoms with E-state index < -0.39 is 0 Å². The van der Waals surface area contributed by atoms with Crippen LogP contribution in [0.3, 0.4) is 0 Å². The van der Waals surface area contributed by atoms with Gasteiger partial charge in [-0.1, -0.05) is 0 Å². The second kappa shape index (κ2) is 5.79. The van der Waals surface area contributed by atoms with E-state index in [-0.39, 0.29) is 5.91 Å². The SMILES string of the molecule is Cc1ccc(CC(=O)N2CCCC2Cn2cccn2)s1. The highest BCUT2D eigenvalue weighted by atomic mass is 32.1. The third kappa shape index (κ3) is 2.93. The van der Waals surface area contributed by atoms with Crippen molar-refractivity contribution in [1.29, 1.82) is 0 Å². The van der Waals surface area contributed by atoms with Crippen LogP contribution in [0.2, 0.25) is 0 Å². The van der Waals surface area contributed by atoms with E-state index in [2.05, 4.69) is 24.2 Å². The monoisotopic (exact) mass is 289 g/mol. The molecule has 3 heterocycles. The molecule has 4 nitrogen and oxygen atoms in total. The van der Waals surface area contributed by atoms with Gasteiger partial charge in [0.1, 0.15) is 0 Å². The highest BCUT2D eigenvalue weighted by molar-refractivity contribution is 7.12. The number of carbonyl (C=O) groups is 1. The Balaban J connectivity index is 1.64. The standard InChI is InChI=1S/C15H19N3OS/c1-12-5-6-14(20-12)10-15(19)18-9-2-4-13(18)11-17-8-3-7-16-17/h3,5-8,13H,2,4,9-11H2,1H3. The van der Waals surface area contributed by atoms with Gasteiger partial charge in [0.2, 0.25) is 5.91 Å². The van der Waals surface area contributed by atoms with Crippen molar-refractivity contribution in [1.82, 2.24) is 14.7 Å². The molecule has 1 atom stereocenters. The van der Waals surface area contributed by atoms with Gasteiger partial charge >= 0.3 is 0 Å². The minimum absolute atomic E-state index is 0.251. The van der Waals surface area contributed by atoms with Crippen molar-refractivity contribution in [3.8, 4) is 0 Å². The maximum Gasteiger partial charge on any atom is 0.228 e. The zero-order valence-electron chi connectivity index (χ0n) is 11.7. The molecule has 0 aliphatic carbocycles. The zero-order chi connectivity index (χ0) is 13.9. The maximum atomic E-state index is 12.5. The molecule has 2 aromatic rings. The molecule has 5 heteroatoms. The van der Waals surface area contributed by atoms with Gasteiger partial charge in [-0.15, -0.1) is 11.3 Å². The number of rotatable bonds is 4. The fourth-order valence-corrected chi connectivity index (χ4v) is 3.69. The molecule has 2 aromatic heterocycles. The molecule has 1 fully saturated rings. The molecule has 1 amide bonds. The number of hydrogen-bond donors (Lipinski definition) is 0. The number of hydrogen-bond acceptors (Lipinski definition) is 3. The van der Waals surface area contributed by atoms with Crippen LogP contribution >= 0.6 is 11.3 Å². The Kier molecular flexibility index (Phi) is 3.87. The number of likely N-dealkylation sites (tertiary alicyclic amines) is 1. The molecule has 106 valence electrons. The van der Waals surface area contributed by atoms with Crippen molar-refractivity contribution in [2.24, 2.45) is 0 Å². The van der Waals surface area contributed by atoms with Crippen LogP contribution in [0, 0.1) is 6.92 Å². The molecule has 1 unspecified atom stereocenters. The Morgan fingerprint density at radius 1 is 1.50 bits per heavy atom. The smallest absolute Gasteiger partial charge is 0.228 e. The van der Waals surface area contributed by atoms with E-state index in [4.69, 9.17) is 0 Å². The predicted octanol–water partition coefficient (Wildman–Crippen LogP) is 2.49. The van der Waals surface area contributed by atoms with Gasteiger partial charge in [-0.25, -0.2) is 0 Å². The number of aromatic nitrogens is 2.